The second-order valence-electron chi connectivity index (χ2n) is 11.7. The third kappa shape index (κ3) is 6.71. The number of carbonyl (C=O) groups is 1. The number of imidazole rings is 1. The second-order valence-corrected chi connectivity index (χ2v) is 11.7. The maximum atomic E-state index is 15.0. The molecule has 0 unspecified atom stereocenters. The van der Waals surface area contributed by atoms with Crippen LogP contribution in [0.2, 0.25) is 0 Å². The number of hydrogen-bond donors (Lipinski definition) is 1. The quantitative estimate of drug-likeness (QED) is 0.230. The molecule has 2 aromatic heterocycles. The molecule has 3 heterocycles. The standard InChI is InChI=1S/C33H30F2N6O4/c34-25-14-21(17-37)4-5-22(25)19-44-29-2-1-3-30(39-29)45-24-6-12-40(13-7-24)18-28-38-31-26(35)15-23(32(42)43)16-27(31)41(28)20-33(8-9-33)10-11-36/h1-5,14-16,24H,6-10,12-13,18-20H2,(H,42,43). The maximum absolute atomic E-state index is 15.0. The van der Waals surface area contributed by atoms with Gasteiger partial charge in [-0.15, -0.1) is 0 Å². The molecular weight excluding hydrogens is 582 g/mol. The van der Waals surface area contributed by atoms with Gasteiger partial charge in [-0.1, -0.05) is 12.1 Å². The van der Waals surface area contributed by atoms with E-state index in [1.54, 1.807) is 18.2 Å². The number of carboxylic acid groups (broad SMARTS) is 1. The highest BCUT2D eigenvalue weighted by molar-refractivity contribution is 5.92. The number of hydrogen-bond acceptors (Lipinski definition) is 8. The summed E-state index contributed by atoms with van der Waals surface area (Å²) >= 11 is 0. The number of nitriles is 2. The number of likely N-dealkylation sites (tertiary alicyclic amines) is 1. The summed E-state index contributed by atoms with van der Waals surface area (Å²) in [6.07, 6.45) is 3.47. The van der Waals surface area contributed by atoms with Gasteiger partial charge in [-0.3, -0.25) is 4.90 Å². The van der Waals surface area contributed by atoms with Crippen LogP contribution in [0.3, 0.4) is 0 Å². The zero-order valence-electron chi connectivity index (χ0n) is 24.4. The molecule has 2 fully saturated rings. The molecular formula is C33H30F2N6O4. The van der Waals surface area contributed by atoms with Crippen LogP contribution >= 0.6 is 0 Å². The fourth-order valence-corrected chi connectivity index (χ4v) is 5.70. The Morgan fingerprint density at radius 1 is 1.04 bits per heavy atom. The Bertz CT molecular complexity index is 1830. The van der Waals surface area contributed by atoms with Crippen LogP contribution in [0.25, 0.3) is 11.0 Å². The minimum Gasteiger partial charge on any atom is -0.478 e. The summed E-state index contributed by atoms with van der Waals surface area (Å²) in [6, 6.07) is 16.0. The Hall–Kier alpha value is -5.07. The summed E-state index contributed by atoms with van der Waals surface area (Å²) in [5.41, 5.74) is 0.774. The number of fused-ring (bicyclic) bond motifs is 1. The largest absolute Gasteiger partial charge is 0.478 e. The van der Waals surface area contributed by atoms with E-state index in [1.165, 1.54) is 24.3 Å². The van der Waals surface area contributed by atoms with Gasteiger partial charge in [0, 0.05) is 49.2 Å². The van der Waals surface area contributed by atoms with Crippen molar-refractivity contribution < 1.29 is 28.2 Å². The fourth-order valence-electron chi connectivity index (χ4n) is 5.70. The number of nitrogens with zero attached hydrogens (tertiary/aromatic N) is 6. The van der Waals surface area contributed by atoms with Crippen molar-refractivity contribution in [2.24, 2.45) is 5.41 Å². The first-order valence-electron chi connectivity index (χ1n) is 14.7. The molecule has 12 heteroatoms. The molecule has 1 N–H and O–H groups in total. The highest BCUT2D eigenvalue weighted by Gasteiger charge is 2.43. The van der Waals surface area contributed by atoms with E-state index in [-0.39, 0.29) is 40.6 Å². The number of benzene rings is 2. The molecule has 2 aromatic carbocycles. The number of aromatic carboxylic acids is 1. The lowest BCUT2D eigenvalue weighted by Crippen LogP contribution is -2.38. The smallest absolute Gasteiger partial charge is 0.335 e. The summed E-state index contributed by atoms with van der Waals surface area (Å²) in [6.45, 7) is 2.26. The van der Waals surface area contributed by atoms with Crippen LogP contribution in [0.15, 0.2) is 48.5 Å². The van der Waals surface area contributed by atoms with Gasteiger partial charge in [0.25, 0.3) is 0 Å². The van der Waals surface area contributed by atoms with E-state index in [4.69, 9.17) is 14.7 Å². The summed E-state index contributed by atoms with van der Waals surface area (Å²) in [5.74, 6) is -1.09. The highest BCUT2D eigenvalue weighted by Crippen LogP contribution is 2.50. The van der Waals surface area contributed by atoms with Crippen molar-refractivity contribution in [1.29, 1.82) is 10.5 Å². The molecule has 0 radical (unpaired) electrons. The van der Waals surface area contributed by atoms with Crippen molar-refractivity contribution >= 4 is 17.0 Å². The minimum absolute atomic E-state index is 0.0453. The molecule has 1 aliphatic heterocycles. The van der Waals surface area contributed by atoms with Gasteiger partial charge in [-0.05, 0) is 49.9 Å². The molecule has 6 rings (SSSR count). The molecule has 0 atom stereocenters. The van der Waals surface area contributed by atoms with Crippen molar-refractivity contribution in [2.75, 3.05) is 13.1 Å². The fraction of sp³-hybridized carbons (Fsp3) is 0.364. The summed E-state index contributed by atoms with van der Waals surface area (Å²) in [5, 5.41) is 27.8. The Balaban J connectivity index is 1.10. The molecule has 1 saturated heterocycles. The maximum Gasteiger partial charge on any atom is 0.335 e. The van der Waals surface area contributed by atoms with Crippen molar-refractivity contribution in [3.05, 3.63) is 82.7 Å². The molecule has 0 bridgehead atoms. The van der Waals surface area contributed by atoms with E-state index in [0.717, 1.165) is 18.9 Å². The summed E-state index contributed by atoms with van der Waals surface area (Å²) < 4.78 is 42.9. The highest BCUT2D eigenvalue weighted by atomic mass is 19.1. The van der Waals surface area contributed by atoms with Gasteiger partial charge in [0.2, 0.25) is 11.8 Å². The zero-order valence-corrected chi connectivity index (χ0v) is 24.4. The number of halogens is 2. The number of piperidine rings is 1. The van der Waals surface area contributed by atoms with Crippen LogP contribution in [0.4, 0.5) is 8.78 Å². The van der Waals surface area contributed by atoms with Crippen molar-refractivity contribution in [1.82, 2.24) is 19.4 Å². The third-order valence-electron chi connectivity index (χ3n) is 8.48. The summed E-state index contributed by atoms with van der Waals surface area (Å²) in [7, 11) is 0. The first-order chi connectivity index (χ1) is 21.8. The van der Waals surface area contributed by atoms with Crippen LogP contribution in [-0.4, -0.2) is 49.7 Å². The summed E-state index contributed by atoms with van der Waals surface area (Å²) in [4.78, 5) is 22.9. The number of ether oxygens (including phenoxy) is 2. The molecule has 0 amide bonds. The lowest BCUT2D eigenvalue weighted by molar-refractivity contribution is 0.0696. The zero-order chi connectivity index (χ0) is 31.6. The van der Waals surface area contributed by atoms with Crippen LogP contribution in [0.5, 0.6) is 11.8 Å². The van der Waals surface area contributed by atoms with Gasteiger partial charge in [-0.25, -0.2) is 18.6 Å². The molecule has 1 aliphatic carbocycles. The average Bonchev–Trinajstić information content (AvgIpc) is 3.71. The van der Waals surface area contributed by atoms with Gasteiger partial charge < -0.3 is 19.1 Å². The van der Waals surface area contributed by atoms with Crippen LogP contribution in [0, 0.1) is 39.7 Å². The van der Waals surface area contributed by atoms with Gasteiger partial charge in [0.1, 0.15) is 29.9 Å². The van der Waals surface area contributed by atoms with E-state index in [2.05, 4.69) is 20.9 Å². The Morgan fingerprint density at radius 3 is 2.51 bits per heavy atom. The molecule has 2 aliphatic rings. The van der Waals surface area contributed by atoms with E-state index >= 15 is 0 Å². The van der Waals surface area contributed by atoms with Gasteiger partial charge >= 0.3 is 5.97 Å². The van der Waals surface area contributed by atoms with E-state index in [1.807, 2.05) is 10.6 Å². The molecule has 1 saturated carbocycles. The first kappa shape index (κ1) is 30.0. The predicted molar refractivity (Wildman–Crippen MR) is 157 cm³/mol. The average molecular weight is 613 g/mol. The van der Waals surface area contributed by atoms with E-state index in [9.17, 15) is 23.9 Å². The minimum atomic E-state index is -1.21. The van der Waals surface area contributed by atoms with Gasteiger partial charge in [-0.2, -0.15) is 15.5 Å². The number of pyridine rings is 1. The first-order valence-corrected chi connectivity index (χ1v) is 14.7. The van der Waals surface area contributed by atoms with E-state index < -0.39 is 17.6 Å². The van der Waals surface area contributed by atoms with Crippen molar-refractivity contribution in [2.45, 2.75) is 57.9 Å². The number of aromatic nitrogens is 3. The Labute approximate surface area is 258 Å². The monoisotopic (exact) mass is 612 g/mol. The SMILES string of the molecule is N#CCC1(Cn2c(CN3CCC(Oc4cccc(OCc5ccc(C#N)cc5F)n4)CC3)nc3c(F)cc(C(=O)O)cc32)CC1. The molecule has 230 valence electrons. The molecule has 10 nitrogen and oxygen atoms in total. The normalized spacial score (nSPS) is 16.2. The predicted octanol–water partition coefficient (Wildman–Crippen LogP) is 5.60. The molecule has 45 heavy (non-hydrogen) atoms. The van der Waals surface area contributed by atoms with Crippen LogP contribution < -0.4 is 9.47 Å². The second kappa shape index (κ2) is 12.5. The Kier molecular flexibility index (Phi) is 8.33. The number of rotatable bonds is 11. The van der Waals surface area contributed by atoms with Crippen molar-refractivity contribution in [3.8, 4) is 23.9 Å². The van der Waals surface area contributed by atoms with E-state index in [0.29, 0.717) is 68.2 Å². The third-order valence-corrected chi connectivity index (χ3v) is 8.48. The topological polar surface area (TPSA) is 137 Å². The van der Waals surface area contributed by atoms with Crippen LogP contribution in [0.1, 0.15) is 59.4 Å². The molecule has 4 aromatic rings. The van der Waals surface area contributed by atoms with Gasteiger partial charge in [0.15, 0.2) is 5.82 Å². The lowest BCUT2D eigenvalue weighted by atomic mass is 10.0. The van der Waals surface area contributed by atoms with Crippen molar-refractivity contribution in [3.63, 3.8) is 0 Å². The Morgan fingerprint density at radius 2 is 1.82 bits per heavy atom. The van der Waals surface area contributed by atoms with Gasteiger partial charge in [0.05, 0.1) is 35.3 Å². The lowest BCUT2D eigenvalue weighted by Gasteiger charge is -2.32. The van der Waals surface area contributed by atoms with Crippen LogP contribution in [-0.2, 0) is 19.7 Å². The number of carboxylic acids is 1. The molecule has 0 spiro atoms.